The van der Waals surface area contributed by atoms with Gasteiger partial charge in [0.05, 0.1) is 13.2 Å². The highest BCUT2D eigenvalue weighted by Gasteiger charge is 2.18. The van der Waals surface area contributed by atoms with E-state index >= 15 is 0 Å². The fraction of sp³-hybridized carbons (Fsp3) is 0.667. The number of hydrogen-bond donors (Lipinski definition) is 0. The summed E-state index contributed by atoms with van der Waals surface area (Å²) >= 11 is 6.06. The summed E-state index contributed by atoms with van der Waals surface area (Å²) in [7, 11) is 0. The largest absolute Gasteiger partial charge is 0.474 e. The Hall–Kier alpha value is -0.870. The van der Waals surface area contributed by atoms with Gasteiger partial charge in [-0.3, -0.25) is 0 Å². The molecule has 2 rings (SSSR count). The molecule has 1 aliphatic heterocycles. The van der Waals surface area contributed by atoms with Crippen molar-refractivity contribution in [3.63, 3.8) is 0 Å². The highest BCUT2D eigenvalue weighted by molar-refractivity contribution is 6.30. The summed E-state index contributed by atoms with van der Waals surface area (Å²) in [4.78, 5) is 8.58. The van der Waals surface area contributed by atoms with Crippen LogP contribution in [-0.2, 0) is 11.2 Å². The van der Waals surface area contributed by atoms with E-state index in [9.17, 15) is 0 Å². The maximum absolute atomic E-state index is 6.06. The lowest BCUT2D eigenvalue weighted by Gasteiger charge is -2.23. The highest BCUT2D eigenvalue weighted by Crippen LogP contribution is 2.24. The Morgan fingerprint density at radius 1 is 1.35 bits per heavy atom. The molecule has 17 heavy (non-hydrogen) atoms. The summed E-state index contributed by atoms with van der Waals surface area (Å²) in [6.45, 7) is 5.39. The summed E-state index contributed by atoms with van der Waals surface area (Å²) in [5.74, 6) is 1.34. The second-order valence-electron chi connectivity index (χ2n) is 4.14. The molecule has 0 saturated carbocycles. The lowest BCUT2D eigenvalue weighted by molar-refractivity contribution is 0.0233. The van der Waals surface area contributed by atoms with E-state index in [0.717, 1.165) is 43.9 Å². The van der Waals surface area contributed by atoms with Crippen LogP contribution in [0.5, 0.6) is 5.88 Å². The summed E-state index contributed by atoms with van der Waals surface area (Å²) in [6.07, 6.45) is 2.74. The third-order valence-electron chi connectivity index (χ3n) is 2.85. The first-order valence-corrected chi connectivity index (χ1v) is 6.36. The molecule has 0 aliphatic carbocycles. The molecule has 0 aromatic carbocycles. The van der Waals surface area contributed by atoms with Crippen LogP contribution in [0.4, 0.5) is 0 Å². The third-order valence-corrected chi connectivity index (χ3v) is 3.22. The zero-order valence-electron chi connectivity index (χ0n) is 10.2. The van der Waals surface area contributed by atoms with Gasteiger partial charge in [-0.2, -0.15) is 4.98 Å². The van der Waals surface area contributed by atoms with Crippen LogP contribution in [0.25, 0.3) is 0 Å². The molecule has 4 nitrogen and oxygen atoms in total. The molecule has 1 aromatic heterocycles. The summed E-state index contributed by atoms with van der Waals surface area (Å²) in [5, 5.41) is 0.485. The van der Waals surface area contributed by atoms with Crippen molar-refractivity contribution in [3.05, 3.63) is 16.5 Å². The van der Waals surface area contributed by atoms with Gasteiger partial charge in [0.25, 0.3) is 0 Å². The van der Waals surface area contributed by atoms with Crippen LogP contribution in [0.2, 0.25) is 5.15 Å². The van der Waals surface area contributed by atoms with Gasteiger partial charge in [-0.25, -0.2) is 4.98 Å². The molecular weight excluding hydrogens is 240 g/mol. The molecule has 1 fully saturated rings. The first kappa shape index (κ1) is 12.6. The van der Waals surface area contributed by atoms with Crippen LogP contribution in [0.3, 0.4) is 0 Å². The van der Waals surface area contributed by atoms with Gasteiger partial charge in [-0.15, -0.1) is 0 Å². The van der Waals surface area contributed by atoms with E-state index in [-0.39, 0.29) is 6.10 Å². The van der Waals surface area contributed by atoms with Gasteiger partial charge in [0.15, 0.2) is 0 Å². The molecule has 0 N–H and O–H groups in total. The number of aryl methyl sites for hydroxylation is 1. The lowest BCUT2D eigenvalue weighted by atomic mass is 10.1. The van der Waals surface area contributed by atoms with Crippen molar-refractivity contribution in [3.8, 4) is 5.88 Å². The lowest BCUT2D eigenvalue weighted by Crippen LogP contribution is -2.26. The van der Waals surface area contributed by atoms with Gasteiger partial charge in [-0.05, 0) is 6.92 Å². The number of aromatic nitrogens is 2. The van der Waals surface area contributed by atoms with E-state index in [2.05, 4.69) is 9.97 Å². The van der Waals surface area contributed by atoms with Crippen molar-refractivity contribution in [1.29, 1.82) is 0 Å². The van der Waals surface area contributed by atoms with E-state index in [1.54, 1.807) is 0 Å². The van der Waals surface area contributed by atoms with Crippen molar-refractivity contribution in [1.82, 2.24) is 9.97 Å². The predicted octanol–water partition coefficient (Wildman–Crippen LogP) is 2.56. The molecule has 0 unspecified atom stereocenters. The Kier molecular flexibility index (Phi) is 4.18. The van der Waals surface area contributed by atoms with Crippen molar-refractivity contribution in [2.45, 2.75) is 39.2 Å². The first-order chi connectivity index (χ1) is 8.20. The maximum atomic E-state index is 6.06. The van der Waals surface area contributed by atoms with Gasteiger partial charge >= 0.3 is 0 Å². The Morgan fingerprint density at radius 3 is 2.71 bits per heavy atom. The topological polar surface area (TPSA) is 44.2 Å². The second kappa shape index (κ2) is 5.65. The van der Waals surface area contributed by atoms with E-state index in [1.807, 2.05) is 13.8 Å². The standard InChI is InChI=1S/C12H17ClN2O2/c1-3-10-14-11(13)8(2)12(15-10)17-9-4-6-16-7-5-9/h9H,3-7H2,1-2H3. The van der Waals surface area contributed by atoms with Crippen LogP contribution in [-0.4, -0.2) is 29.3 Å². The van der Waals surface area contributed by atoms with Crippen LogP contribution in [0.15, 0.2) is 0 Å². The molecule has 94 valence electrons. The molecule has 1 aromatic rings. The van der Waals surface area contributed by atoms with Gasteiger partial charge in [0.2, 0.25) is 5.88 Å². The number of halogens is 1. The molecule has 0 radical (unpaired) electrons. The van der Waals surface area contributed by atoms with Gasteiger partial charge < -0.3 is 9.47 Å². The Balaban J connectivity index is 2.15. The summed E-state index contributed by atoms with van der Waals surface area (Å²) in [6, 6.07) is 0. The van der Waals surface area contributed by atoms with Crippen molar-refractivity contribution < 1.29 is 9.47 Å². The minimum atomic E-state index is 0.179. The second-order valence-corrected chi connectivity index (χ2v) is 4.50. The van der Waals surface area contributed by atoms with E-state index < -0.39 is 0 Å². The average molecular weight is 257 g/mol. The molecular formula is C12H17ClN2O2. The average Bonchev–Trinajstić information content (AvgIpc) is 2.36. The normalized spacial score (nSPS) is 17.1. The number of rotatable bonds is 3. The van der Waals surface area contributed by atoms with Crippen LogP contribution >= 0.6 is 11.6 Å². The number of nitrogens with zero attached hydrogens (tertiary/aromatic N) is 2. The fourth-order valence-electron chi connectivity index (χ4n) is 1.74. The van der Waals surface area contributed by atoms with Crippen molar-refractivity contribution in [2.75, 3.05) is 13.2 Å². The minimum Gasteiger partial charge on any atom is -0.474 e. The molecule has 0 bridgehead atoms. The molecule has 0 spiro atoms. The van der Waals surface area contributed by atoms with Crippen LogP contribution < -0.4 is 4.74 Å². The van der Waals surface area contributed by atoms with Crippen molar-refractivity contribution >= 4 is 11.6 Å². The van der Waals surface area contributed by atoms with Crippen molar-refractivity contribution in [2.24, 2.45) is 0 Å². The summed E-state index contributed by atoms with van der Waals surface area (Å²) < 4.78 is 11.2. The van der Waals surface area contributed by atoms with Crippen LogP contribution in [0, 0.1) is 6.92 Å². The highest BCUT2D eigenvalue weighted by atomic mass is 35.5. The maximum Gasteiger partial charge on any atom is 0.221 e. The molecule has 5 heteroatoms. The first-order valence-electron chi connectivity index (χ1n) is 5.98. The van der Waals surface area contributed by atoms with E-state index in [4.69, 9.17) is 21.1 Å². The predicted molar refractivity (Wildman–Crippen MR) is 65.6 cm³/mol. The minimum absolute atomic E-state index is 0.179. The Morgan fingerprint density at radius 2 is 2.06 bits per heavy atom. The molecule has 0 amide bonds. The molecule has 1 aliphatic rings. The van der Waals surface area contributed by atoms with Gasteiger partial charge in [-0.1, -0.05) is 18.5 Å². The Labute approximate surface area is 106 Å². The van der Waals surface area contributed by atoms with Gasteiger partial charge in [0.1, 0.15) is 17.1 Å². The quantitative estimate of drug-likeness (QED) is 0.780. The smallest absolute Gasteiger partial charge is 0.221 e. The number of ether oxygens (including phenoxy) is 2. The monoisotopic (exact) mass is 256 g/mol. The zero-order valence-corrected chi connectivity index (χ0v) is 11.0. The SMILES string of the molecule is CCc1nc(Cl)c(C)c(OC2CCOCC2)n1. The summed E-state index contributed by atoms with van der Waals surface area (Å²) in [5.41, 5.74) is 0.815. The molecule has 2 heterocycles. The van der Waals surface area contributed by atoms with E-state index in [0.29, 0.717) is 11.0 Å². The zero-order chi connectivity index (χ0) is 12.3. The van der Waals surface area contributed by atoms with E-state index in [1.165, 1.54) is 0 Å². The molecule has 0 atom stereocenters. The third kappa shape index (κ3) is 3.07. The number of hydrogen-bond acceptors (Lipinski definition) is 4. The Bertz CT molecular complexity index is 392. The molecule has 1 saturated heterocycles. The van der Waals surface area contributed by atoms with Crippen LogP contribution in [0.1, 0.15) is 31.2 Å². The fourth-order valence-corrected chi connectivity index (χ4v) is 1.91. The van der Waals surface area contributed by atoms with Gasteiger partial charge in [0, 0.05) is 24.8 Å².